The van der Waals surface area contributed by atoms with Gasteiger partial charge in [0.15, 0.2) is 23.3 Å². The lowest BCUT2D eigenvalue weighted by atomic mass is 9.99. The van der Waals surface area contributed by atoms with Gasteiger partial charge in [-0.25, -0.2) is 31.7 Å². The fourth-order valence-corrected chi connectivity index (χ4v) is 1.85. The molecule has 0 bridgehead atoms. The van der Waals surface area contributed by atoms with Gasteiger partial charge in [-0.05, 0) is 6.07 Å². The molecule has 1 heterocycles. The summed E-state index contributed by atoms with van der Waals surface area (Å²) >= 11 is 0. The zero-order valence-corrected chi connectivity index (χ0v) is 10.9. The van der Waals surface area contributed by atoms with Crippen LogP contribution in [0.2, 0.25) is 0 Å². The first-order valence-electron chi connectivity index (χ1n) is 5.65. The number of carbonyl (C=O) groups excluding carboxylic acids is 1. The highest BCUT2D eigenvalue weighted by atomic mass is 19.2. The number of nitrogens with two attached hydrogens (primary N) is 1. The number of ether oxygens (including phenoxy) is 1. The number of nitrogen functional groups attached to an aromatic ring is 1. The number of methoxy groups -OCH3 is 1. The third-order valence-electron chi connectivity index (χ3n) is 2.85. The smallest absolute Gasteiger partial charge is 0.338 e. The van der Waals surface area contributed by atoms with Gasteiger partial charge >= 0.3 is 5.97 Å². The number of hydrogen-bond acceptors (Lipinski definition) is 4. The first-order chi connectivity index (χ1) is 10.3. The zero-order valence-electron chi connectivity index (χ0n) is 10.9. The standard InChI is InChI=1S/C13H7F5N2O2/c1-22-13(21)4-2-3-20-12(19)5(4)6-7(14)9(16)11(18)10(17)8(6)15/h2-3H,1H3,(H2,19,20). The molecule has 2 N–H and O–H groups in total. The Balaban J connectivity index is 2.93. The van der Waals surface area contributed by atoms with Crippen molar-refractivity contribution in [3.63, 3.8) is 0 Å². The molecular formula is C13H7F5N2O2. The second-order valence-electron chi connectivity index (χ2n) is 4.06. The highest BCUT2D eigenvalue weighted by Gasteiger charge is 2.30. The number of hydrogen-bond donors (Lipinski definition) is 1. The Hall–Kier alpha value is -2.71. The molecule has 0 aliphatic heterocycles. The molecule has 0 radical (unpaired) electrons. The van der Waals surface area contributed by atoms with Crippen molar-refractivity contribution in [3.8, 4) is 11.1 Å². The lowest BCUT2D eigenvalue weighted by molar-refractivity contribution is 0.0601. The van der Waals surface area contributed by atoms with E-state index in [2.05, 4.69) is 9.72 Å². The van der Waals surface area contributed by atoms with E-state index in [1.807, 2.05) is 0 Å². The first kappa shape index (κ1) is 15.7. The van der Waals surface area contributed by atoms with Crippen LogP contribution in [0.25, 0.3) is 11.1 Å². The van der Waals surface area contributed by atoms with Crippen molar-refractivity contribution in [2.45, 2.75) is 0 Å². The summed E-state index contributed by atoms with van der Waals surface area (Å²) in [6, 6.07) is 0.982. The Morgan fingerprint density at radius 2 is 1.50 bits per heavy atom. The van der Waals surface area contributed by atoms with E-state index in [0.29, 0.717) is 0 Å². The monoisotopic (exact) mass is 318 g/mol. The van der Waals surface area contributed by atoms with Crippen molar-refractivity contribution in [3.05, 3.63) is 46.9 Å². The summed E-state index contributed by atoms with van der Waals surface area (Å²) in [5.41, 5.74) is 2.86. The van der Waals surface area contributed by atoms with Crippen LogP contribution in [0.5, 0.6) is 0 Å². The molecule has 0 unspecified atom stereocenters. The minimum absolute atomic E-state index is 0.488. The number of aromatic nitrogens is 1. The van der Waals surface area contributed by atoms with E-state index >= 15 is 0 Å². The number of rotatable bonds is 2. The van der Waals surface area contributed by atoms with Crippen LogP contribution >= 0.6 is 0 Å². The molecule has 0 spiro atoms. The molecule has 0 aliphatic carbocycles. The Morgan fingerprint density at radius 3 is 2.00 bits per heavy atom. The quantitative estimate of drug-likeness (QED) is 0.400. The highest BCUT2D eigenvalue weighted by molar-refractivity contribution is 6.00. The molecule has 0 amide bonds. The van der Waals surface area contributed by atoms with Gasteiger partial charge in [0.1, 0.15) is 5.82 Å². The maximum atomic E-state index is 13.9. The van der Waals surface area contributed by atoms with E-state index in [9.17, 15) is 26.7 Å². The molecule has 22 heavy (non-hydrogen) atoms. The molecule has 2 rings (SSSR count). The summed E-state index contributed by atoms with van der Waals surface area (Å²) in [7, 11) is 0.973. The van der Waals surface area contributed by atoms with E-state index in [1.54, 1.807) is 0 Å². The van der Waals surface area contributed by atoms with Gasteiger partial charge in [0.05, 0.1) is 18.2 Å². The van der Waals surface area contributed by atoms with Gasteiger partial charge in [-0.3, -0.25) is 0 Å². The minimum atomic E-state index is -2.32. The van der Waals surface area contributed by atoms with E-state index in [1.165, 1.54) is 0 Å². The lowest BCUT2D eigenvalue weighted by Gasteiger charge is -2.13. The van der Waals surface area contributed by atoms with Crippen LogP contribution in [0.1, 0.15) is 10.4 Å². The Labute approximate surface area is 120 Å². The lowest BCUT2D eigenvalue weighted by Crippen LogP contribution is -2.11. The highest BCUT2D eigenvalue weighted by Crippen LogP contribution is 2.36. The molecule has 0 aliphatic rings. The Morgan fingerprint density at radius 1 is 1.00 bits per heavy atom. The van der Waals surface area contributed by atoms with Gasteiger partial charge in [-0.2, -0.15) is 0 Å². The normalized spacial score (nSPS) is 10.6. The molecule has 1 aromatic heterocycles. The van der Waals surface area contributed by atoms with Crippen LogP contribution in [0.15, 0.2) is 12.3 Å². The molecule has 0 saturated heterocycles. The summed E-state index contributed by atoms with van der Waals surface area (Å²) in [6.07, 6.45) is 1.02. The summed E-state index contributed by atoms with van der Waals surface area (Å²) in [5, 5.41) is 0. The second-order valence-corrected chi connectivity index (χ2v) is 4.06. The number of pyridine rings is 1. The summed E-state index contributed by atoms with van der Waals surface area (Å²) < 4.78 is 71.8. The van der Waals surface area contributed by atoms with Crippen molar-refractivity contribution in [2.24, 2.45) is 0 Å². The number of halogens is 5. The largest absolute Gasteiger partial charge is 0.465 e. The number of esters is 1. The maximum absolute atomic E-state index is 13.9. The fourth-order valence-electron chi connectivity index (χ4n) is 1.85. The number of carbonyl (C=O) groups is 1. The van der Waals surface area contributed by atoms with Gasteiger partial charge in [-0.15, -0.1) is 0 Å². The van der Waals surface area contributed by atoms with Crippen LogP contribution in [0, 0.1) is 29.1 Å². The minimum Gasteiger partial charge on any atom is -0.465 e. The van der Waals surface area contributed by atoms with Crippen molar-refractivity contribution < 1.29 is 31.5 Å². The Bertz CT molecular complexity index is 751. The SMILES string of the molecule is COC(=O)c1ccnc(N)c1-c1c(F)c(F)c(F)c(F)c1F. The third kappa shape index (κ3) is 2.24. The molecule has 116 valence electrons. The van der Waals surface area contributed by atoms with Crippen LogP contribution in [0.4, 0.5) is 27.8 Å². The number of nitrogens with zero attached hydrogens (tertiary/aromatic N) is 1. The molecule has 0 saturated carbocycles. The molecule has 0 atom stereocenters. The van der Waals surface area contributed by atoms with Crippen molar-refractivity contribution in [1.82, 2.24) is 4.98 Å². The summed E-state index contributed by atoms with van der Waals surface area (Å²) in [6.45, 7) is 0. The van der Waals surface area contributed by atoms with Crippen LogP contribution < -0.4 is 5.73 Å². The van der Waals surface area contributed by atoms with E-state index < -0.39 is 57.6 Å². The van der Waals surface area contributed by atoms with E-state index in [4.69, 9.17) is 5.73 Å². The molecule has 9 heteroatoms. The second kappa shape index (κ2) is 5.58. The van der Waals surface area contributed by atoms with Gasteiger partial charge in [0, 0.05) is 11.8 Å². The summed E-state index contributed by atoms with van der Waals surface area (Å²) in [5.74, 6) is -12.6. The predicted octanol–water partition coefficient (Wildman–Crippen LogP) is 2.81. The van der Waals surface area contributed by atoms with Gasteiger partial charge in [-0.1, -0.05) is 0 Å². The number of anilines is 1. The van der Waals surface area contributed by atoms with Crippen LogP contribution in [0.3, 0.4) is 0 Å². The molecule has 1 aromatic carbocycles. The van der Waals surface area contributed by atoms with Gasteiger partial charge in [0.25, 0.3) is 0 Å². The third-order valence-corrected chi connectivity index (χ3v) is 2.85. The maximum Gasteiger partial charge on any atom is 0.338 e. The molecule has 0 fully saturated rings. The fraction of sp³-hybridized carbons (Fsp3) is 0.0769. The van der Waals surface area contributed by atoms with E-state index in [0.717, 1.165) is 19.4 Å². The van der Waals surface area contributed by atoms with E-state index in [-0.39, 0.29) is 0 Å². The average Bonchev–Trinajstić information content (AvgIpc) is 2.51. The van der Waals surface area contributed by atoms with Crippen molar-refractivity contribution >= 4 is 11.8 Å². The average molecular weight is 318 g/mol. The van der Waals surface area contributed by atoms with Crippen LogP contribution in [-0.2, 0) is 4.74 Å². The predicted molar refractivity (Wildman–Crippen MR) is 65.2 cm³/mol. The molecule has 2 aromatic rings. The first-order valence-corrected chi connectivity index (χ1v) is 5.65. The molecule has 4 nitrogen and oxygen atoms in total. The van der Waals surface area contributed by atoms with Crippen LogP contribution in [-0.4, -0.2) is 18.1 Å². The zero-order chi connectivity index (χ0) is 16.6. The van der Waals surface area contributed by atoms with Crippen molar-refractivity contribution in [1.29, 1.82) is 0 Å². The van der Waals surface area contributed by atoms with Gasteiger partial charge < -0.3 is 10.5 Å². The van der Waals surface area contributed by atoms with Crippen molar-refractivity contribution in [2.75, 3.05) is 12.8 Å². The molecular weight excluding hydrogens is 311 g/mol. The number of benzene rings is 1. The topological polar surface area (TPSA) is 65.2 Å². The Kier molecular flexibility index (Phi) is 3.98. The summed E-state index contributed by atoms with van der Waals surface area (Å²) in [4.78, 5) is 15.1. The van der Waals surface area contributed by atoms with Gasteiger partial charge in [0.2, 0.25) is 5.82 Å².